The van der Waals surface area contributed by atoms with Gasteiger partial charge in [-0.05, 0) is 30.9 Å². The second kappa shape index (κ2) is 9.93. The lowest BCUT2D eigenvalue weighted by molar-refractivity contribution is -0.134. The molecule has 8 heteroatoms. The molecule has 2 aliphatic rings. The molecular formula is C26H33N3O5. The van der Waals surface area contributed by atoms with Gasteiger partial charge in [0, 0.05) is 44.9 Å². The first-order valence-corrected chi connectivity index (χ1v) is 11.6. The molecule has 2 aromatic rings. The molecule has 34 heavy (non-hydrogen) atoms. The van der Waals surface area contributed by atoms with Gasteiger partial charge in [-0.1, -0.05) is 30.3 Å². The second-order valence-electron chi connectivity index (χ2n) is 8.86. The van der Waals surface area contributed by atoms with Gasteiger partial charge in [0.05, 0.1) is 21.3 Å². The molecule has 2 aliphatic heterocycles. The van der Waals surface area contributed by atoms with Crippen LogP contribution in [0.3, 0.4) is 0 Å². The van der Waals surface area contributed by atoms with Crippen molar-refractivity contribution in [3.63, 3.8) is 0 Å². The molecule has 2 heterocycles. The van der Waals surface area contributed by atoms with Crippen LogP contribution in [-0.2, 0) is 17.8 Å². The van der Waals surface area contributed by atoms with E-state index < -0.39 is 5.54 Å². The maximum Gasteiger partial charge on any atom is 0.327 e. The fourth-order valence-electron chi connectivity index (χ4n) is 5.10. The van der Waals surface area contributed by atoms with E-state index in [1.54, 1.807) is 33.3 Å². The van der Waals surface area contributed by atoms with Crippen molar-refractivity contribution in [2.45, 2.75) is 31.3 Å². The predicted molar refractivity (Wildman–Crippen MR) is 128 cm³/mol. The van der Waals surface area contributed by atoms with E-state index in [9.17, 15) is 9.59 Å². The molecule has 0 unspecified atom stereocenters. The normalized spacial score (nSPS) is 18.0. The number of methoxy groups -OCH3 is 3. The van der Waals surface area contributed by atoms with Gasteiger partial charge in [-0.15, -0.1) is 0 Å². The summed E-state index contributed by atoms with van der Waals surface area (Å²) in [5.41, 5.74) is 1.38. The highest BCUT2D eigenvalue weighted by atomic mass is 16.5. The van der Waals surface area contributed by atoms with E-state index in [1.807, 2.05) is 30.3 Å². The van der Waals surface area contributed by atoms with Crippen LogP contribution in [0.15, 0.2) is 42.5 Å². The van der Waals surface area contributed by atoms with Gasteiger partial charge in [0.15, 0.2) is 11.5 Å². The van der Waals surface area contributed by atoms with Crippen molar-refractivity contribution >= 4 is 11.9 Å². The zero-order chi connectivity index (χ0) is 24.3. The average Bonchev–Trinajstić information content (AvgIpc) is 3.04. The highest BCUT2D eigenvalue weighted by Gasteiger charge is 2.56. The Labute approximate surface area is 201 Å². The van der Waals surface area contributed by atoms with Crippen LogP contribution in [-0.4, -0.2) is 80.2 Å². The molecule has 1 spiro atoms. The van der Waals surface area contributed by atoms with Crippen molar-refractivity contribution in [3.8, 4) is 17.2 Å². The van der Waals surface area contributed by atoms with Crippen LogP contribution in [0.5, 0.6) is 17.2 Å². The van der Waals surface area contributed by atoms with Crippen LogP contribution in [0.1, 0.15) is 24.0 Å². The Morgan fingerprint density at radius 3 is 2.12 bits per heavy atom. The molecule has 0 saturated carbocycles. The predicted octanol–water partition coefficient (Wildman–Crippen LogP) is 3.18. The number of rotatable bonds is 8. The van der Waals surface area contributed by atoms with Gasteiger partial charge in [-0.3, -0.25) is 14.6 Å². The molecule has 3 amide bonds. The summed E-state index contributed by atoms with van der Waals surface area (Å²) in [5, 5.41) is 0. The lowest BCUT2D eigenvalue weighted by Crippen LogP contribution is -2.56. The molecule has 0 aliphatic carbocycles. The van der Waals surface area contributed by atoms with Gasteiger partial charge in [0.1, 0.15) is 11.3 Å². The molecule has 4 rings (SSSR count). The van der Waals surface area contributed by atoms with Gasteiger partial charge < -0.3 is 19.1 Å². The molecule has 182 valence electrons. The minimum atomic E-state index is -0.765. The van der Waals surface area contributed by atoms with E-state index in [0.29, 0.717) is 50.5 Å². The number of likely N-dealkylation sites (N-methyl/N-ethyl adjacent to an activating group) is 1. The van der Waals surface area contributed by atoms with E-state index in [0.717, 1.165) is 23.3 Å². The minimum Gasteiger partial charge on any atom is -0.496 e. The number of urea groups is 1. The van der Waals surface area contributed by atoms with Crippen LogP contribution in [0.25, 0.3) is 0 Å². The molecule has 2 fully saturated rings. The van der Waals surface area contributed by atoms with E-state index in [4.69, 9.17) is 14.2 Å². The highest BCUT2D eigenvalue weighted by Crippen LogP contribution is 2.39. The third kappa shape index (κ3) is 4.30. The summed E-state index contributed by atoms with van der Waals surface area (Å²) in [6, 6.07) is 13.6. The Morgan fingerprint density at radius 2 is 1.50 bits per heavy atom. The Kier molecular flexibility index (Phi) is 6.97. The monoisotopic (exact) mass is 467 g/mol. The first-order chi connectivity index (χ1) is 16.4. The van der Waals surface area contributed by atoms with Crippen molar-refractivity contribution in [2.75, 3.05) is 48.0 Å². The number of hydrogen-bond acceptors (Lipinski definition) is 6. The third-order valence-corrected chi connectivity index (χ3v) is 7.07. The number of nitrogens with zero attached hydrogens (tertiary/aromatic N) is 3. The van der Waals surface area contributed by atoms with Gasteiger partial charge >= 0.3 is 6.03 Å². The lowest BCUT2D eigenvalue weighted by atomic mass is 9.85. The van der Waals surface area contributed by atoms with Gasteiger partial charge in [0.25, 0.3) is 5.91 Å². The Bertz CT molecular complexity index is 1030. The largest absolute Gasteiger partial charge is 0.496 e. The summed E-state index contributed by atoms with van der Waals surface area (Å²) >= 11 is 0. The number of imide groups is 1. The molecule has 0 N–H and O–H groups in total. The van der Waals surface area contributed by atoms with Crippen molar-refractivity contribution in [2.24, 2.45) is 0 Å². The summed E-state index contributed by atoms with van der Waals surface area (Å²) in [5.74, 6) is 1.91. The Hall–Kier alpha value is -3.26. The topological polar surface area (TPSA) is 71.5 Å². The summed E-state index contributed by atoms with van der Waals surface area (Å²) in [4.78, 5) is 31.6. The van der Waals surface area contributed by atoms with Crippen LogP contribution in [0.2, 0.25) is 0 Å². The molecule has 2 aromatic carbocycles. The lowest BCUT2D eigenvalue weighted by Gasteiger charge is -2.42. The first-order valence-electron chi connectivity index (χ1n) is 11.6. The van der Waals surface area contributed by atoms with E-state index >= 15 is 0 Å². The van der Waals surface area contributed by atoms with Crippen LogP contribution < -0.4 is 14.2 Å². The van der Waals surface area contributed by atoms with Crippen LogP contribution in [0, 0.1) is 0 Å². The molecule has 2 saturated heterocycles. The number of ether oxygens (including phenoxy) is 3. The maximum absolute atomic E-state index is 13.2. The third-order valence-electron chi connectivity index (χ3n) is 7.07. The molecule has 0 aromatic heterocycles. The Morgan fingerprint density at radius 1 is 0.882 bits per heavy atom. The zero-order valence-corrected chi connectivity index (χ0v) is 20.4. The number of piperidine rings is 1. The van der Waals surface area contributed by atoms with Gasteiger partial charge in [0.2, 0.25) is 0 Å². The summed E-state index contributed by atoms with van der Waals surface area (Å²) in [6.07, 6.45) is 1.93. The van der Waals surface area contributed by atoms with E-state index in [2.05, 4.69) is 17.0 Å². The number of amides is 3. The Balaban J connectivity index is 1.48. The highest BCUT2D eigenvalue weighted by molar-refractivity contribution is 6.06. The van der Waals surface area contributed by atoms with Crippen molar-refractivity contribution in [1.82, 2.24) is 14.7 Å². The quantitative estimate of drug-likeness (QED) is 0.556. The number of carbonyl (C=O) groups is 2. The summed E-state index contributed by atoms with van der Waals surface area (Å²) in [6.45, 7) is 2.59. The standard InChI is InChI=1S/C26H33N3O5/c1-27-24(30)26(29(25(27)31)13-10-19-8-6-5-7-9-19)11-14-28(15-12-26)18-20-16-22(33-3)23(34-4)17-21(20)32-2/h5-9,16-17H,10-15,18H2,1-4H3. The summed E-state index contributed by atoms with van der Waals surface area (Å²) < 4.78 is 16.4. The molecule has 0 bridgehead atoms. The van der Waals surface area contributed by atoms with Crippen molar-refractivity contribution < 1.29 is 23.8 Å². The second-order valence-corrected chi connectivity index (χ2v) is 8.86. The summed E-state index contributed by atoms with van der Waals surface area (Å²) in [7, 11) is 6.44. The SMILES string of the molecule is COc1cc(OC)c(OC)cc1CN1CCC2(CC1)C(=O)N(C)C(=O)N2CCc1ccccc1. The molecule has 0 radical (unpaired) electrons. The molecule has 8 nitrogen and oxygen atoms in total. The number of hydrogen-bond donors (Lipinski definition) is 0. The van der Waals surface area contributed by atoms with Gasteiger partial charge in [-0.25, -0.2) is 4.79 Å². The van der Waals surface area contributed by atoms with E-state index in [1.165, 1.54) is 4.90 Å². The maximum atomic E-state index is 13.2. The van der Waals surface area contributed by atoms with E-state index in [-0.39, 0.29) is 11.9 Å². The number of likely N-dealkylation sites (tertiary alicyclic amines) is 1. The first kappa shape index (κ1) is 23.9. The van der Waals surface area contributed by atoms with Gasteiger partial charge in [-0.2, -0.15) is 0 Å². The zero-order valence-electron chi connectivity index (χ0n) is 20.4. The van der Waals surface area contributed by atoms with Crippen molar-refractivity contribution in [3.05, 3.63) is 53.6 Å². The number of carbonyl (C=O) groups excluding carboxylic acids is 2. The number of benzene rings is 2. The molecular weight excluding hydrogens is 434 g/mol. The van der Waals surface area contributed by atoms with Crippen molar-refractivity contribution in [1.29, 1.82) is 0 Å². The fourth-order valence-corrected chi connectivity index (χ4v) is 5.10. The van der Waals surface area contributed by atoms with Crippen LogP contribution in [0.4, 0.5) is 4.79 Å². The smallest absolute Gasteiger partial charge is 0.327 e. The fraction of sp³-hybridized carbons (Fsp3) is 0.462. The average molecular weight is 468 g/mol. The minimum absolute atomic E-state index is 0.0890. The molecule has 0 atom stereocenters. The van der Waals surface area contributed by atoms with Crippen LogP contribution >= 0.6 is 0 Å².